The Kier molecular flexibility index (Phi) is 7.38. The maximum absolute atomic E-state index is 15.9. The van der Waals surface area contributed by atoms with Gasteiger partial charge in [0.15, 0.2) is 47.1 Å². The minimum Gasteiger partial charge on any atom is -0.369 e. The molecule has 0 aliphatic carbocycles. The number of aromatic amines is 2. The zero-order valence-electron chi connectivity index (χ0n) is 23.0. The van der Waals surface area contributed by atoms with E-state index in [1.807, 2.05) is 0 Å². The van der Waals surface area contributed by atoms with Crippen molar-refractivity contribution in [1.82, 2.24) is 39.0 Å². The highest BCUT2D eigenvalue weighted by atomic mass is 31.2. The molecule has 4 aromatic heterocycles. The van der Waals surface area contributed by atoms with Gasteiger partial charge in [-0.2, -0.15) is 9.97 Å². The Morgan fingerprint density at radius 1 is 0.848 bits per heavy atom. The zero-order valence-corrected chi connectivity index (χ0v) is 24.7. The molecule has 10 unspecified atom stereocenters. The number of H-pyrrole nitrogens is 2. The first-order valence-corrected chi connectivity index (χ1v) is 16.7. The molecule has 3 fully saturated rings. The van der Waals surface area contributed by atoms with Crippen molar-refractivity contribution < 1.29 is 50.7 Å². The van der Waals surface area contributed by atoms with Crippen LogP contribution in [0.4, 0.5) is 20.7 Å². The van der Waals surface area contributed by atoms with Crippen LogP contribution in [0.25, 0.3) is 22.3 Å². The number of imidazole rings is 2. The van der Waals surface area contributed by atoms with Crippen LogP contribution in [0.1, 0.15) is 18.9 Å². The van der Waals surface area contributed by atoms with Crippen molar-refractivity contribution >= 4 is 49.6 Å². The topological polar surface area (TPSA) is 300 Å². The molecule has 3 saturated heterocycles. The molecular weight excluding hydrogens is 668 g/mol. The Balaban J connectivity index is 1.18. The van der Waals surface area contributed by atoms with Gasteiger partial charge in [-0.05, 0) is 6.42 Å². The molecule has 3 aliphatic heterocycles. The molecule has 0 aromatic carbocycles. The van der Waals surface area contributed by atoms with Crippen LogP contribution in [0, 0.1) is 0 Å². The molecule has 3 aliphatic rings. The minimum absolute atomic E-state index is 0.174. The highest BCUT2D eigenvalue weighted by molar-refractivity contribution is 7.52. The van der Waals surface area contributed by atoms with E-state index < -0.39 is 94.9 Å². The number of hydrogen-bond acceptors (Lipinski definition) is 15. The Morgan fingerprint density at radius 3 is 1.89 bits per heavy atom. The number of nitrogens with two attached hydrogens (primary N) is 2. The number of hydrogen-bond donors (Lipinski definition) is 6. The Bertz CT molecular complexity index is 1910. The maximum atomic E-state index is 15.9. The molecule has 4 aromatic rings. The van der Waals surface area contributed by atoms with Gasteiger partial charge < -0.3 is 30.7 Å². The van der Waals surface area contributed by atoms with E-state index in [4.69, 9.17) is 34.5 Å². The van der Waals surface area contributed by atoms with Crippen LogP contribution in [0.5, 0.6) is 0 Å². The fourth-order valence-corrected chi connectivity index (χ4v) is 7.87. The normalized spacial score (nSPS) is 37.1. The maximum Gasteiger partial charge on any atom is 0.472 e. The summed E-state index contributed by atoms with van der Waals surface area (Å²) in [6.07, 6.45) is -13.7. The van der Waals surface area contributed by atoms with Crippen LogP contribution in [-0.4, -0.2) is 98.4 Å². The van der Waals surface area contributed by atoms with Gasteiger partial charge in [-0.25, -0.2) is 23.3 Å². The van der Waals surface area contributed by atoms with Gasteiger partial charge in [0.25, 0.3) is 11.1 Å². The second-order valence-corrected chi connectivity index (χ2v) is 14.0. The Hall–Kier alpha value is -3.66. The van der Waals surface area contributed by atoms with Gasteiger partial charge >= 0.3 is 15.4 Å². The van der Waals surface area contributed by atoms with Crippen LogP contribution in [0.3, 0.4) is 0 Å². The number of phosphoric acid groups is 1. The second-order valence-electron chi connectivity index (χ2n) is 10.6. The van der Waals surface area contributed by atoms with Crippen molar-refractivity contribution in [3.8, 4) is 0 Å². The van der Waals surface area contributed by atoms with Gasteiger partial charge in [-0.3, -0.25) is 46.8 Å². The third-order valence-electron chi connectivity index (χ3n) is 7.62. The number of anilines is 2. The van der Waals surface area contributed by atoms with Crippen molar-refractivity contribution in [3.63, 3.8) is 0 Å². The van der Waals surface area contributed by atoms with E-state index in [2.05, 4.69) is 29.9 Å². The van der Waals surface area contributed by atoms with E-state index >= 15 is 8.78 Å². The van der Waals surface area contributed by atoms with Crippen molar-refractivity contribution in [2.75, 3.05) is 24.2 Å². The van der Waals surface area contributed by atoms with Gasteiger partial charge in [0.1, 0.15) is 18.3 Å². The summed E-state index contributed by atoms with van der Waals surface area (Å²) in [4.78, 5) is 65.8. The summed E-state index contributed by atoms with van der Waals surface area (Å²) in [5.74, 6) is -0.619. The number of nitrogens with zero attached hydrogens (tertiary/aromatic N) is 6. The number of rotatable bonds is 2. The molecular formula is C21H24F2N10O11P2. The Labute approximate surface area is 253 Å². The molecule has 0 radical (unpaired) electrons. The number of nitrogens with one attached hydrogen (secondary N) is 2. The number of fused-ring (bicyclic) bond motifs is 4. The van der Waals surface area contributed by atoms with Crippen molar-refractivity contribution in [1.29, 1.82) is 0 Å². The average Bonchev–Trinajstić information content (AvgIpc) is 3.72. The van der Waals surface area contributed by atoms with E-state index in [0.717, 1.165) is 21.8 Å². The number of nitrogen functional groups attached to an aromatic ring is 2. The molecule has 0 bridgehead atoms. The Morgan fingerprint density at radius 2 is 1.35 bits per heavy atom. The van der Waals surface area contributed by atoms with Crippen LogP contribution in [-0.2, 0) is 32.2 Å². The summed E-state index contributed by atoms with van der Waals surface area (Å²) < 4.78 is 87.0. The predicted molar refractivity (Wildman–Crippen MR) is 148 cm³/mol. The van der Waals surface area contributed by atoms with Gasteiger partial charge in [0, 0.05) is 0 Å². The molecule has 0 spiro atoms. The van der Waals surface area contributed by atoms with Crippen LogP contribution < -0.4 is 22.6 Å². The predicted octanol–water partition coefficient (Wildman–Crippen LogP) is -0.635. The summed E-state index contributed by atoms with van der Waals surface area (Å²) in [6.45, 7) is -0.936. The molecule has 248 valence electrons. The van der Waals surface area contributed by atoms with Crippen LogP contribution >= 0.6 is 15.4 Å². The summed E-state index contributed by atoms with van der Waals surface area (Å²) >= 11 is 0. The number of aromatic nitrogens is 8. The van der Waals surface area contributed by atoms with E-state index in [0.29, 0.717) is 0 Å². The van der Waals surface area contributed by atoms with Gasteiger partial charge in [0.05, 0.1) is 31.5 Å². The van der Waals surface area contributed by atoms with Crippen LogP contribution in [0.15, 0.2) is 22.2 Å². The number of ether oxygens (including phenoxy) is 2. The summed E-state index contributed by atoms with van der Waals surface area (Å²) in [6, 6.07) is 0. The quantitative estimate of drug-likeness (QED) is 0.142. The second kappa shape index (κ2) is 11.0. The monoisotopic (exact) mass is 692 g/mol. The smallest absolute Gasteiger partial charge is 0.369 e. The van der Waals surface area contributed by atoms with E-state index in [9.17, 15) is 28.5 Å². The first-order valence-electron chi connectivity index (χ1n) is 13.4. The molecule has 25 heteroatoms. The molecule has 7 rings (SSSR count). The lowest BCUT2D eigenvalue weighted by Crippen LogP contribution is -2.36. The molecule has 46 heavy (non-hydrogen) atoms. The largest absolute Gasteiger partial charge is 0.472 e. The average molecular weight is 692 g/mol. The van der Waals surface area contributed by atoms with E-state index in [-0.39, 0.29) is 34.2 Å². The molecule has 0 saturated carbocycles. The first-order chi connectivity index (χ1) is 21.7. The number of alkyl halides is 2. The van der Waals surface area contributed by atoms with Crippen molar-refractivity contribution in [2.24, 2.45) is 0 Å². The first kappa shape index (κ1) is 31.0. The lowest BCUT2D eigenvalue weighted by atomic mass is 10.1. The van der Waals surface area contributed by atoms with Crippen molar-refractivity contribution in [2.45, 2.75) is 55.6 Å². The number of halogens is 2. The molecule has 0 amide bonds. The fraction of sp³-hybridized carbons (Fsp3) is 0.524. The van der Waals surface area contributed by atoms with E-state index in [1.165, 1.54) is 0 Å². The summed E-state index contributed by atoms with van der Waals surface area (Å²) in [5, 5.41) is 0. The highest BCUT2D eigenvalue weighted by Gasteiger charge is 2.54. The highest BCUT2D eigenvalue weighted by Crippen LogP contribution is 2.54. The van der Waals surface area contributed by atoms with Crippen LogP contribution in [0.2, 0.25) is 0 Å². The third kappa shape index (κ3) is 5.32. The molecule has 21 nitrogen and oxygen atoms in total. The van der Waals surface area contributed by atoms with Crippen molar-refractivity contribution in [3.05, 3.63) is 33.4 Å². The molecule has 10 atom stereocenters. The summed E-state index contributed by atoms with van der Waals surface area (Å²) in [5.41, 5.74) is 8.98. The number of phosphoric ester groups is 1. The third-order valence-corrected chi connectivity index (χ3v) is 10.0. The zero-order chi connectivity index (χ0) is 32.7. The van der Waals surface area contributed by atoms with Gasteiger partial charge in [-0.1, -0.05) is 0 Å². The molecule has 7 heterocycles. The lowest BCUT2D eigenvalue weighted by Gasteiger charge is -2.27. The van der Waals surface area contributed by atoms with Gasteiger partial charge in [0.2, 0.25) is 11.9 Å². The molecule has 8 N–H and O–H groups in total. The fourth-order valence-electron chi connectivity index (χ4n) is 5.60. The van der Waals surface area contributed by atoms with E-state index in [1.54, 1.807) is 0 Å². The lowest BCUT2D eigenvalue weighted by molar-refractivity contribution is -0.0513. The minimum atomic E-state index is -5.16. The SMILES string of the molecule is Nc1nc2c(ncn2C2OC3COP(=O)(O)OC4C(CCP(=O)(O)OC3C2F)OC(n2cnc3c(=O)[nH]c(N)nc32)C4F)c(=O)[nH]1. The standard InChI is InChI=1S/C21H24F2N10O11P2/c22-8-12-6(41-18(8)32-4-26-10-14(32)28-20(24)30-16(10)34)1-2-45(36,37)43-13-7(3-40-46(38,39)44-12)42-19(9(13)23)33-5-27-11-15(33)29-21(25)31-17(11)35/h4-9,12-13,18-19H,1-3H2,(H,36,37)(H,38,39)(H3,24,28,30,34)(H3,25,29,31,35). The summed E-state index contributed by atoms with van der Waals surface area (Å²) in [7, 11) is -9.88. The van der Waals surface area contributed by atoms with Gasteiger partial charge in [-0.15, -0.1) is 0 Å².